The first-order chi connectivity index (χ1) is 9.55. The molecule has 21 heavy (non-hydrogen) atoms. The van der Waals surface area contributed by atoms with E-state index in [1.807, 2.05) is 5.32 Å². The Morgan fingerprint density at radius 3 is 2.24 bits per heavy atom. The maximum atomic E-state index is 11.9. The van der Waals surface area contributed by atoms with Gasteiger partial charge in [0.05, 0.1) is 18.8 Å². The van der Waals surface area contributed by atoms with Gasteiger partial charge in [0.1, 0.15) is 0 Å². The molecule has 0 fully saturated rings. The van der Waals surface area contributed by atoms with Gasteiger partial charge in [0.15, 0.2) is 0 Å². The van der Waals surface area contributed by atoms with Gasteiger partial charge < -0.3 is 10.6 Å². The smallest absolute Gasteiger partial charge is 0.325 e. The maximum absolute atomic E-state index is 11.9. The lowest BCUT2D eigenvalue weighted by molar-refractivity contribution is -0.126. The predicted octanol–water partition coefficient (Wildman–Crippen LogP) is 0.565. The van der Waals surface area contributed by atoms with Crippen LogP contribution in [0.2, 0.25) is 0 Å². The van der Waals surface area contributed by atoms with Crippen LogP contribution in [0, 0.1) is 0 Å². The number of hydrogen-bond acceptors (Lipinski definition) is 4. The van der Waals surface area contributed by atoms with Crippen molar-refractivity contribution >= 4 is 21.6 Å². The molecule has 0 saturated heterocycles. The molecule has 118 valence electrons. The molecule has 0 aliphatic carbocycles. The minimum absolute atomic E-state index is 0.339. The molecule has 0 spiro atoms. The van der Waals surface area contributed by atoms with Gasteiger partial charge in [-0.2, -0.15) is 13.2 Å². The number of alkyl halides is 3. The number of anilines is 1. The molecule has 1 amide bonds. The Labute approximate surface area is 119 Å². The molecule has 0 bridgehead atoms. The summed E-state index contributed by atoms with van der Waals surface area (Å²) in [7, 11) is -3.64. The van der Waals surface area contributed by atoms with Crippen molar-refractivity contribution < 1.29 is 26.4 Å². The molecule has 0 aliphatic heterocycles. The van der Waals surface area contributed by atoms with Gasteiger partial charge >= 0.3 is 6.18 Å². The molecule has 0 aromatic heterocycles. The van der Waals surface area contributed by atoms with Crippen LogP contribution in [-0.2, 0) is 20.6 Å². The van der Waals surface area contributed by atoms with Crippen molar-refractivity contribution in [1.29, 1.82) is 0 Å². The summed E-state index contributed by atoms with van der Waals surface area (Å²) in [6, 6.07) is 5.76. The zero-order valence-electron chi connectivity index (χ0n) is 10.8. The van der Waals surface area contributed by atoms with Crippen LogP contribution in [0.4, 0.5) is 18.9 Å². The normalized spacial score (nSPS) is 12.2. The summed E-state index contributed by atoms with van der Waals surface area (Å²) in [6.07, 6.45) is -4.38. The fraction of sp³-hybridized carbons (Fsp3) is 0.364. The van der Waals surface area contributed by atoms with Crippen molar-refractivity contribution in [1.82, 2.24) is 5.32 Å². The third-order valence-corrected chi connectivity index (χ3v) is 2.95. The quantitative estimate of drug-likeness (QED) is 0.711. The van der Waals surface area contributed by atoms with Gasteiger partial charge in [0.2, 0.25) is 15.9 Å². The third-order valence-electron chi connectivity index (χ3n) is 2.22. The van der Waals surface area contributed by atoms with Crippen LogP contribution in [-0.4, -0.2) is 33.6 Å². The molecule has 1 rings (SSSR count). The Hall–Kier alpha value is -1.65. The van der Waals surface area contributed by atoms with E-state index in [1.54, 1.807) is 0 Å². The van der Waals surface area contributed by atoms with Crippen molar-refractivity contribution in [3.8, 4) is 0 Å². The summed E-state index contributed by atoms with van der Waals surface area (Å²) in [5.74, 6) is -0.979. The van der Waals surface area contributed by atoms with Crippen LogP contribution >= 0.6 is 0 Å². The number of primary sulfonamides is 1. The Kier molecular flexibility index (Phi) is 5.70. The Morgan fingerprint density at radius 2 is 1.76 bits per heavy atom. The second-order valence-corrected chi connectivity index (χ2v) is 5.89. The standard InChI is InChI=1S/C11H14F3N3O3S/c12-11(13,14)7-16-5-10(18)17-9-3-1-8(2-4-9)6-21(15,19)20/h1-4,16H,5-7H2,(H,17,18)(H2,15,19,20). The lowest BCUT2D eigenvalue weighted by atomic mass is 10.2. The molecule has 0 heterocycles. The highest BCUT2D eigenvalue weighted by molar-refractivity contribution is 7.88. The van der Waals surface area contributed by atoms with E-state index in [2.05, 4.69) is 5.32 Å². The first kappa shape index (κ1) is 17.4. The molecule has 0 saturated carbocycles. The number of carbonyl (C=O) groups is 1. The van der Waals surface area contributed by atoms with Crippen molar-refractivity contribution in [3.63, 3.8) is 0 Å². The van der Waals surface area contributed by atoms with Crippen LogP contribution in [0.1, 0.15) is 5.56 Å². The number of sulfonamides is 1. The van der Waals surface area contributed by atoms with E-state index in [0.717, 1.165) is 0 Å². The molecule has 0 radical (unpaired) electrons. The Morgan fingerprint density at radius 1 is 1.19 bits per heavy atom. The molecule has 1 aromatic rings. The molecule has 10 heteroatoms. The van der Waals surface area contributed by atoms with Crippen LogP contribution in [0.5, 0.6) is 0 Å². The number of hydrogen-bond donors (Lipinski definition) is 3. The average molecular weight is 325 g/mol. The number of halogens is 3. The highest BCUT2D eigenvalue weighted by Crippen LogP contribution is 2.12. The monoisotopic (exact) mass is 325 g/mol. The molecule has 0 unspecified atom stereocenters. The Bertz CT molecular complexity index is 585. The van der Waals surface area contributed by atoms with Gasteiger partial charge in [-0.25, -0.2) is 13.6 Å². The van der Waals surface area contributed by atoms with Crippen LogP contribution in [0.3, 0.4) is 0 Å². The molecule has 6 nitrogen and oxygen atoms in total. The fourth-order valence-electron chi connectivity index (χ4n) is 1.44. The second kappa shape index (κ2) is 6.87. The van der Waals surface area contributed by atoms with Crippen LogP contribution in [0.25, 0.3) is 0 Å². The van der Waals surface area contributed by atoms with Gasteiger partial charge in [-0.3, -0.25) is 4.79 Å². The summed E-state index contributed by atoms with van der Waals surface area (Å²) in [5, 5.41) is 9.20. The van der Waals surface area contributed by atoms with Crippen molar-refractivity contribution in [3.05, 3.63) is 29.8 Å². The van der Waals surface area contributed by atoms with Crippen molar-refractivity contribution in [2.75, 3.05) is 18.4 Å². The fourth-order valence-corrected chi connectivity index (χ4v) is 2.10. The highest BCUT2D eigenvalue weighted by Gasteiger charge is 2.26. The molecular weight excluding hydrogens is 311 g/mol. The number of benzene rings is 1. The molecule has 0 aliphatic rings. The SMILES string of the molecule is NS(=O)(=O)Cc1ccc(NC(=O)CNCC(F)(F)F)cc1. The van der Waals surface area contributed by atoms with Crippen molar-refractivity contribution in [2.24, 2.45) is 5.14 Å². The van der Waals surface area contributed by atoms with Gasteiger partial charge in [-0.15, -0.1) is 0 Å². The average Bonchev–Trinajstić information content (AvgIpc) is 2.28. The lowest BCUT2D eigenvalue weighted by Crippen LogP contribution is -2.35. The van der Waals surface area contributed by atoms with Gasteiger partial charge in [0.25, 0.3) is 0 Å². The van der Waals surface area contributed by atoms with Gasteiger partial charge in [-0.1, -0.05) is 12.1 Å². The van der Waals surface area contributed by atoms with E-state index in [9.17, 15) is 26.4 Å². The van der Waals surface area contributed by atoms with E-state index in [4.69, 9.17) is 5.14 Å². The predicted molar refractivity (Wildman–Crippen MR) is 70.8 cm³/mol. The minimum atomic E-state index is -4.38. The lowest BCUT2D eigenvalue weighted by Gasteiger charge is -2.09. The van der Waals surface area contributed by atoms with E-state index in [0.29, 0.717) is 11.3 Å². The van der Waals surface area contributed by atoms with Crippen LogP contribution in [0.15, 0.2) is 24.3 Å². The highest BCUT2D eigenvalue weighted by atomic mass is 32.2. The largest absolute Gasteiger partial charge is 0.401 e. The molecular formula is C11H14F3N3O3S. The van der Waals surface area contributed by atoms with Crippen molar-refractivity contribution in [2.45, 2.75) is 11.9 Å². The molecule has 0 atom stereocenters. The number of nitrogens with two attached hydrogens (primary N) is 1. The summed E-state index contributed by atoms with van der Waals surface area (Å²) in [6.45, 7) is -1.74. The van der Waals surface area contributed by atoms with E-state index < -0.39 is 35.2 Å². The molecule has 1 aromatic carbocycles. The summed E-state index contributed by atoms with van der Waals surface area (Å²) < 4.78 is 57.3. The summed E-state index contributed by atoms with van der Waals surface area (Å²) in [5.41, 5.74) is 0.776. The van der Waals surface area contributed by atoms with Gasteiger partial charge in [0, 0.05) is 5.69 Å². The summed E-state index contributed by atoms with van der Waals surface area (Å²) >= 11 is 0. The first-order valence-corrected chi connectivity index (χ1v) is 7.43. The Balaban J connectivity index is 2.46. The van der Waals surface area contributed by atoms with Gasteiger partial charge in [-0.05, 0) is 17.7 Å². The maximum Gasteiger partial charge on any atom is 0.401 e. The number of rotatable bonds is 6. The third kappa shape index (κ3) is 8.27. The number of carbonyl (C=O) groups excluding carboxylic acids is 1. The second-order valence-electron chi connectivity index (χ2n) is 4.27. The van der Waals surface area contributed by atoms with E-state index in [-0.39, 0.29) is 5.75 Å². The number of nitrogens with one attached hydrogen (secondary N) is 2. The van der Waals surface area contributed by atoms with E-state index >= 15 is 0 Å². The van der Waals surface area contributed by atoms with E-state index in [1.165, 1.54) is 24.3 Å². The topological polar surface area (TPSA) is 101 Å². The molecule has 4 N–H and O–H groups in total. The first-order valence-electron chi connectivity index (χ1n) is 5.72. The zero-order valence-corrected chi connectivity index (χ0v) is 11.6. The minimum Gasteiger partial charge on any atom is -0.325 e. The van der Waals surface area contributed by atoms with Crippen LogP contribution < -0.4 is 15.8 Å². The number of amides is 1. The summed E-state index contributed by atoms with van der Waals surface area (Å²) in [4.78, 5) is 11.4. The zero-order chi connectivity index (χ0) is 16.1.